The summed E-state index contributed by atoms with van der Waals surface area (Å²) in [7, 11) is -8.45. The molecule has 2 aliphatic heterocycles. The monoisotopic (exact) mass is 514 g/mol. The van der Waals surface area contributed by atoms with Gasteiger partial charge in [0.15, 0.2) is 0 Å². The zero-order valence-corrected chi connectivity index (χ0v) is 19.7. The van der Waals surface area contributed by atoms with Crippen LogP contribution < -0.4 is 9.80 Å². The third-order valence-corrected chi connectivity index (χ3v) is 8.58. The van der Waals surface area contributed by atoms with Crippen LogP contribution in [0.2, 0.25) is 0 Å². The molecule has 32 heavy (non-hydrogen) atoms. The number of thioether (sulfide) groups is 2. The quantitative estimate of drug-likeness (QED) is 0.322. The van der Waals surface area contributed by atoms with E-state index in [4.69, 9.17) is 9.11 Å². The van der Waals surface area contributed by atoms with Gasteiger partial charge >= 0.3 is 0 Å². The molecule has 2 N–H and O–H groups in total. The predicted molar refractivity (Wildman–Crippen MR) is 126 cm³/mol. The molecule has 0 bridgehead atoms. The second-order valence-electron chi connectivity index (χ2n) is 6.80. The van der Waals surface area contributed by atoms with Crippen LogP contribution >= 0.6 is 23.5 Å². The van der Waals surface area contributed by atoms with Crippen LogP contribution in [0.5, 0.6) is 0 Å². The van der Waals surface area contributed by atoms with Gasteiger partial charge in [-0.15, -0.1) is 23.5 Å². The minimum Gasteiger partial charge on any atom is -0.356 e. The molecule has 0 unspecified atom stereocenters. The van der Waals surface area contributed by atoms with Crippen LogP contribution in [-0.2, 0) is 20.2 Å². The van der Waals surface area contributed by atoms with Crippen molar-refractivity contribution in [1.82, 2.24) is 0 Å². The zero-order chi connectivity index (χ0) is 22.9. The Hall–Kier alpha value is -2.10. The Kier molecular flexibility index (Phi) is 6.51. The SMILES string of the molecule is O=S(=O)(O)c1ccc2c(c1)SCN2CC=NN=CCN1CSc2cc(S(=O)(=O)O)ccc21. The summed E-state index contributed by atoms with van der Waals surface area (Å²) in [5.41, 5.74) is 1.74. The van der Waals surface area contributed by atoms with Gasteiger partial charge in [-0.25, -0.2) is 0 Å². The van der Waals surface area contributed by atoms with E-state index < -0.39 is 20.2 Å². The fourth-order valence-electron chi connectivity index (χ4n) is 3.16. The molecular formula is C18H18N4O6S4. The van der Waals surface area contributed by atoms with Gasteiger partial charge in [-0.05, 0) is 36.4 Å². The van der Waals surface area contributed by atoms with E-state index in [0.717, 1.165) is 21.2 Å². The number of anilines is 2. The summed E-state index contributed by atoms with van der Waals surface area (Å²) in [6, 6.07) is 8.96. The Morgan fingerprint density at radius 2 is 1.19 bits per heavy atom. The molecule has 0 aromatic heterocycles. The number of nitrogens with zero attached hydrogens (tertiary/aromatic N) is 4. The largest absolute Gasteiger partial charge is 0.356 e. The van der Waals surface area contributed by atoms with Crippen LogP contribution in [0.1, 0.15) is 0 Å². The lowest BCUT2D eigenvalue weighted by Gasteiger charge is -2.15. The Morgan fingerprint density at radius 1 is 0.781 bits per heavy atom. The second kappa shape index (κ2) is 9.03. The van der Waals surface area contributed by atoms with Crippen LogP contribution in [0, 0.1) is 0 Å². The van der Waals surface area contributed by atoms with Crippen molar-refractivity contribution in [1.29, 1.82) is 0 Å². The number of rotatable bonds is 7. The maximum atomic E-state index is 11.3. The van der Waals surface area contributed by atoms with Gasteiger partial charge < -0.3 is 9.80 Å². The molecule has 0 saturated carbocycles. The van der Waals surface area contributed by atoms with Crippen LogP contribution in [0.25, 0.3) is 0 Å². The fourth-order valence-corrected chi connectivity index (χ4v) is 6.52. The van der Waals surface area contributed by atoms with E-state index in [1.54, 1.807) is 24.6 Å². The van der Waals surface area contributed by atoms with Crippen molar-refractivity contribution in [3.8, 4) is 0 Å². The van der Waals surface area contributed by atoms with E-state index in [1.165, 1.54) is 47.8 Å². The van der Waals surface area contributed by atoms with Gasteiger partial charge in [0.25, 0.3) is 20.2 Å². The average Bonchev–Trinajstić information content (AvgIpc) is 3.32. The van der Waals surface area contributed by atoms with Gasteiger partial charge in [-0.3, -0.25) is 9.11 Å². The third-order valence-electron chi connectivity index (χ3n) is 4.73. The molecule has 0 amide bonds. The van der Waals surface area contributed by atoms with Crippen molar-refractivity contribution in [3.63, 3.8) is 0 Å². The van der Waals surface area contributed by atoms with Gasteiger partial charge in [-0.2, -0.15) is 27.0 Å². The summed E-state index contributed by atoms with van der Waals surface area (Å²) < 4.78 is 63.4. The molecule has 0 fully saturated rings. The predicted octanol–water partition coefficient (Wildman–Crippen LogP) is 2.68. The molecule has 10 nitrogen and oxygen atoms in total. The molecular weight excluding hydrogens is 496 g/mol. The van der Waals surface area contributed by atoms with Crippen LogP contribution in [-0.4, -0.2) is 63.2 Å². The Bertz CT molecular complexity index is 1210. The van der Waals surface area contributed by atoms with Crippen molar-refractivity contribution in [3.05, 3.63) is 36.4 Å². The lowest BCUT2D eigenvalue weighted by atomic mass is 10.3. The zero-order valence-electron chi connectivity index (χ0n) is 16.4. The lowest BCUT2D eigenvalue weighted by Crippen LogP contribution is -2.21. The van der Waals surface area contributed by atoms with Crippen LogP contribution in [0.4, 0.5) is 11.4 Å². The Balaban J connectivity index is 1.31. The van der Waals surface area contributed by atoms with Gasteiger partial charge in [-0.1, -0.05) is 0 Å². The number of benzene rings is 2. The van der Waals surface area contributed by atoms with Gasteiger partial charge in [0, 0.05) is 22.2 Å². The Morgan fingerprint density at radius 3 is 1.56 bits per heavy atom. The van der Waals surface area contributed by atoms with Gasteiger partial charge in [0.05, 0.1) is 46.0 Å². The summed E-state index contributed by atoms with van der Waals surface area (Å²) in [5.74, 6) is 1.26. The van der Waals surface area contributed by atoms with Gasteiger partial charge in [0.1, 0.15) is 0 Å². The molecule has 14 heteroatoms. The first kappa shape index (κ1) is 23.1. The highest BCUT2D eigenvalue weighted by atomic mass is 32.2. The summed E-state index contributed by atoms with van der Waals surface area (Å²) in [6.45, 7) is 0.979. The molecule has 0 atom stereocenters. The van der Waals surface area contributed by atoms with Crippen molar-refractivity contribution >= 4 is 67.6 Å². The molecule has 0 radical (unpaired) electrons. The fraction of sp³-hybridized carbons (Fsp3) is 0.222. The second-order valence-corrected chi connectivity index (χ2v) is 11.6. The van der Waals surface area contributed by atoms with E-state index in [1.807, 2.05) is 9.80 Å². The maximum Gasteiger partial charge on any atom is 0.294 e. The highest BCUT2D eigenvalue weighted by molar-refractivity contribution is 8.00. The van der Waals surface area contributed by atoms with Crippen LogP contribution in [0.15, 0.2) is 66.2 Å². The number of hydrogen-bond acceptors (Lipinski definition) is 10. The van der Waals surface area contributed by atoms with Gasteiger partial charge in [0.2, 0.25) is 0 Å². The highest BCUT2D eigenvalue weighted by Gasteiger charge is 2.23. The molecule has 2 aromatic rings. The molecule has 2 aliphatic rings. The topological polar surface area (TPSA) is 140 Å². The smallest absolute Gasteiger partial charge is 0.294 e. The van der Waals surface area contributed by atoms with E-state index >= 15 is 0 Å². The first-order chi connectivity index (χ1) is 15.1. The highest BCUT2D eigenvalue weighted by Crippen LogP contribution is 2.40. The first-order valence-corrected chi connectivity index (χ1v) is 14.0. The lowest BCUT2D eigenvalue weighted by molar-refractivity contribution is 0.480. The summed E-state index contributed by atoms with van der Waals surface area (Å²) in [5, 5.41) is 8.08. The molecule has 0 aliphatic carbocycles. The molecule has 0 spiro atoms. The minimum absolute atomic E-state index is 0.125. The van der Waals surface area contributed by atoms with E-state index in [2.05, 4.69) is 10.2 Å². The molecule has 170 valence electrons. The first-order valence-electron chi connectivity index (χ1n) is 9.15. The molecule has 4 rings (SSSR count). The van der Waals surface area contributed by atoms with Crippen molar-refractivity contribution in [2.75, 3.05) is 34.6 Å². The van der Waals surface area contributed by atoms with Crippen molar-refractivity contribution < 1.29 is 25.9 Å². The van der Waals surface area contributed by atoms with Crippen molar-refractivity contribution in [2.24, 2.45) is 10.2 Å². The third kappa shape index (κ3) is 5.10. The van der Waals surface area contributed by atoms with Crippen LogP contribution in [0.3, 0.4) is 0 Å². The summed E-state index contributed by atoms with van der Waals surface area (Å²) >= 11 is 2.95. The van der Waals surface area contributed by atoms with Crippen molar-refractivity contribution in [2.45, 2.75) is 19.6 Å². The summed E-state index contributed by atoms with van der Waals surface area (Å²) in [6.07, 6.45) is 3.29. The average molecular weight is 515 g/mol. The standard InChI is InChI=1S/C18H18N4O6S4/c23-31(24,25)13-1-3-15-17(9-13)29-11-21(15)7-5-19-20-6-8-22-12-30-18-10-14(32(26,27)28)2-4-16(18)22/h1-6,9-10H,7-8,11-12H2,(H,23,24,25)(H,26,27,28). The van der Waals surface area contributed by atoms with E-state index in [-0.39, 0.29) is 9.79 Å². The molecule has 0 saturated heterocycles. The normalized spacial score (nSPS) is 16.3. The summed E-state index contributed by atoms with van der Waals surface area (Å²) in [4.78, 5) is 5.32. The maximum absolute atomic E-state index is 11.3. The minimum atomic E-state index is -4.22. The molecule has 2 aromatic carbocycles. The van der Waals surface area contributed by atoms with E-state index in [0.29, 0.717) is 24.8 Å². The number of fused-ring (bicyclic) bond motifs is 2. The molecule has 2 heterocycles. The Labute approximate surface area is 193 Å². The number of hydrogen-bond donors (Lipinski definition) is 2. The van der Waals surface area contributed by atoms with E-state index in [9.17, 15) is 16.8 Å².